The first kappa shape index (κ1) is 45.4. The largest absolute Gasteiger partial charge is 0.489 e. The van der Waals surface area contributed by atoms with Crippen molar-refractivity contribution >= 4 is 34.5 Å². The number of aliphatic carboxylic acids is 1. The molecule has 1 fully saturated rings. The van der Waals surface area contributed by atoms with Crippen LogP contribution in [0.5, 0.6) is 11.5 Å². The van der Waals surface area contributed by atoms with Gasteiger partial charge in [0.05, 0.1) is 46.8 Å². The monoisotopic (exact) mass is 905 g/mol. The van der Waals surface area contributed by atoms with Gasteiger partial charge in [0.1, 0.15) is 43.4 Å². The fraction of sp³-hybridized carbons (Fsp3) is 0.340. The molecule has 5 aromatic rings. The second-order valence-electron chi connectivity index (χ2n) is 16.1. The van der Waals surface area contributed by atoms with E-state index in [-0.39, 0.29) is 61.3 Å². The van der Waals surface area contributed by atoms with Crippen molar-refractivity contribution in [2.24, 2.45) is 0 Å². The van der Waals surface area contributed by atoms with E-state index in [0.29, 0.717) is 34.6 Å². The number of carboxylic acids is 1. The number of hydrogen-bond donors (Lipinski definition) is 5. The lowest BCUT2D eigenvalue weighted by molar-refractivity contribution is -0.387. The number of aliphatic hydroxyl groups is 4. The number of fused-ring (bicyclic) bond motifs is 5. The van der Waals surface area contributed by atoms with Crippen molar-refractivity contribution < 1.29 is 68.5 Å². The van der Waals surface area contributed by atoms with Gasteiger partial charge in [-0.1, -0.05) is 44.2 Å². The summed E-state index contributed by atoms with van der Waals surface area (Å²) >= 11 is 0. The van der Waals surface area contributed by atoms with Crippen LogP contribution in [0.1, 0.15) is 71.7 Å². The molecule has 1 saturated heterocycles. The highest BCUT2D eigenvalue weighted by Gasteiger charge is 2.49. The smallest absolute Gasteiger partial charge is 0.343 e. The Morgan fingerprint density at radius 3 is 2.44 bits per heavy atom. The molecule has 5 N–H and O–H groups in total. The number of aromatic nitrogens is 2. The molecule has 2 aromatic heterocycles. The van der Waals surface area contributed by atoms with Crippen LogP contribution in [0.3, 0.4) is 0 Å². The SMILES string of the molecule is C#CC[C@H](OC(=O)Cc1ccc(COc2ccc3nc4c(c(CC)c3c2)Cn2c-4cc3c(c2=O)COC(=O)[C@]3(O)CC)cc1)c1ccc(O[C@H]2O[C@@H](C(=O)O)[C@H](O)[C@@H](O)[C@@H]2O)c([N+](=O)[O-])c1. The van der Waals surface area contributed by atoms with Gasteiger partial charge in [-0.15, -0.1) is 12.3 Å². The number of nitrogens with zero attached hydrogens (tertiary/aromatic N) is 3. The standard InChI is InChI=1S/C47H43N3O16/c1-4-7-35(25-12-15-36(33(17-25)50(60)61)65-45-41(54)39(52)40(53)42(66-45)44(56)57)64-37(51)16-23-8-10-24(11-9-23)21-62-26-13-14-32-28(18-26)27(5-2)29-20-49-34(38(29)48-32)19-31-30(43(49)55)22-63-46(58)47(31,59)6-3/h1,8-15,17-19,35,39-42,45,52-54,59H,5-7,16,20-22H2,2-3H3,(H,56,57)/t35-,39+,40+,41-,42+,45-,47-/m0/s1. The van der Waals surface area contributed by atoms with Crippen molar-refractivity contribution in [1.29, 1.82) is 0 Å². The average molecular weight is 906 g/mol. The lowest BCUT2D eigenvalue weighted by Gasteiger charge is -2.38. The van der Waals surface area contributed by atoms with Gasteiger partial charge in [0.15, 0.2) is 17.5 Å². The van der Waals surface area contributed by atoms with E-state index in [9.17, 15) is 54.8 Å². The van der Waals surface area contributed by atoms with Crippen molar-refractivity contribution in [3.63, 3.8) is 0 Å². The van der Waals surface area contributed by atoms with Crippen LogP contribution in [0.25, 0.3) is 22.3 Å². The average Bonchev–Trinajstić information content (AvgIpc) is 3.67. The number of terminal acetylenes is 1. The molecule has 66 heavy (non-hydrogen) atoms. The third-order valence-corrected chi connectivity index (χ3v) is 12.1. The van der Waals surface area contributed by atoms with E-state index < -0.39 is 76.7 Å². The fourth-order valence-electron chi connectivity index (χ4n) is 8.51. The van der Waals surface area contributed by atoms with Crippen molar-refractivity contribution in [3.05, 3.63) is 126 Å². The third-order valence-electron chi connectivity index (χ3n) is 12.1. The molecule has 3 aliphatic rings. The lowest BCUT2D eigenvalue weighted by atomic mass is 9.86. The first-order valence-corrected chi connectivity index (χ1v) is 20.9. The van der Waals surface area contributed by atoms with Crippen LogP contribution in [0.2, 0.25) is 0 Å². The zero-order chi connectivity index (χ0) is 47.2. The number of aryl methyl sites for hydroxylation is 1. The Morgan fingerprint density at radius 1 is 1.02 bits per heavy atom. The molecule has 0 radical (unpaired) electrons. The van der Waals surface area contributed by atoms with Crippen molar-refractivity contribution in [2.45, 2.75) is 102 Å². The molecule has 7 atom stereocenters. The number of esters is 2. The van der Waals surface area contributed by atoms with Gasteiger partial charge < -0.3 is 53.8 Å². The number of carbonyl (C=O) groups excluding carboxylic acids is 2. The Hall–Kier alpha value is -7.21. The summed E-state index contributed by atoms with van der Waals surface area (Å²) in [4.78, 5) is 67.1. The highest BCUT2D eigenvalue weighted by Crippen LogP contribution is 2.41. The molecule has 3 aromatic carbocycles. The highest BCUT2D eigenvalue weighted by molar-refractivity contribution is 5.90. The Balaban J connectivity index is 0.924. The van der Waals surface area contributed by atoms with Gasteiger partial charge in [0.2, 0.25) is 6.29 Å². The second-order valence-corrected chi connectivity index (χ2v) is 16.1. The lowest BCUT2D eigenvalue weighted by Crippen LogP contribution is -2.61. The summed E-state index contributed by atoms with van der Waals surface area (Å²) in [6.07, 6.45) is -5.09. The molecule has 3 aliphatic heterocycles. The Labute approximate surface area is 374 Å². The molecular weight excluding hydrogens is 863 g/mol. The molecule has 8 rings (SSSR count). The van der Waals surface area contributed by atoms with Gasteiger partial charge in [0, 0.05) is 28.1 Å². The van der Waals surface area contributed by atoms with E-state index in [4.69, 9.17) is 35.1 Å². The molecule has 0 amide bonds. The predicted molar refractivity (Wildman–Crippen MR) is 229 cm³/mol. The van der Waals surface area contributed by atoms with Crippen LogP contribution >= 0.6 is 0 Å². The number of cyclic esters (lactones) is 1. The number of pyridine rings is 2. The number of carboxylic acid groups (broad SMARTS) is 1. The van der Waals surface area contributed by atoms with Crippen molar-refractivity contribution in [3.8, 4) is 35.2 Å². The number of aliphatic hydroxyl groups excluding tert-OH is 3. The van der Waals surface area contributed by atoms with E-state index in [1.54, 1.807) is 47.9 Å². The zero-order valence-electron chi connectivity index (χ0n) is 35.4. The number of nitro benzene ring substituents is 1. The molecular formula is C47H43N3O16. The normalized spacial score (nSPS) is 22.3. The van der Waals surface area contributed by atoms with Crippen molar-refractivity contribution in [2.75, 3.05) is 0 Å². The third kappa shape index (κ3) is 8.20. The summed E-state index contributed by atoms with van der Waals surface area (Å²) in [5.74, 6) is -0.651. The van der Waals surface area contributed by atoms with E-state index >= 15 is 0 Å². The van der Waals surface area contributed by atoms with Crippen LogP contribution in [-0.2, 0) is 66.8 Å². The first-order valence-electron chi connectivity index (χ1n) is 20.9. The number of ether oxygens (including phenoxy) is 5. The molecule has 0 saturated carbocycles. The van der Waals surface area contributed by atoms with Gasteiger partial charge >= 0.3 is 23.6 Å². The summed E-state index contributed by atoms with van der Waals surface area (Å²) in [7, 11) is 0. The summed E-state index contributed by atoms with van der Waals surface area (Å²) in [6.45, 7) is 3.90. The van der Waals surface area contributed by atoms with Crippen LogP contribution in [0.4, 0.5) is 5.69 Å². The summed E-state index contributed by atoms with van der Waals surface area (Å²) in [5, 5.41) is 63.9. The van der Waals surface area contributed by atoms with E-state index in [1.807, 2.05) is 19.1 Å². The summed E-state index contributed by atoms with van der Waals surface area (Å²) in [6, 6.07) is 17.7. The maximum absolute atomic E-state index is 13.7. The van der Waals surface area contributed by atoms with Crippen LogP contribution in [0, 0.1) is 22.5 Å². The summed E-state index contributed by atoms with van der Waals surface area (Å²) in [5.41, 5.74) is 2.75. The first-order chi connectivity index (χ1) is 31.6. The zero-order valence-corrected chi connectivity index (χ0v) is 35.4. The Bertz CT molecular complexity index is 2890. The molecule has 0 spiro atoms. The molecule has 19 heteroatoms. The maximum atomic E-state index is 13.7. The van der Waals surface area contributed by atoms with E-state index in [1.165, 1.54) is 6.07 Å². The topological polar surface area (TPSA) is 277 Å². The van der Waals surface area contributed by atoms with Crippen LogP contribution in [0.15, 0.2) is 71.5 Å². The molecule has 19 nitrogen and oxygen atoms in total. The molecule has 0 bridgehead atoms. The minimum absolute atomic E-state index is 0.0420. The molecule has 0 unspecified atom stereocenters. The number of benzene rings is 3. The number of nitro groups is 1. The highest BCUT2D eigenvalue weighted by atomic mass is 16.7. The molecule has 0 aliphatic carbocycles. The maximum Gasteiger partial charge on any atom is 0.343 e. The second kappa shape index (κ2) is 18.0. The van der Waals surface area contributed by atoms with Gasteiger partial charge in [-0.3, -0.25) is 19.7 Å². The number of carbonyl (C=O) groups is 3. The Kier molecular flexibility index (Phi) is 12.4. The van der Waals surface area contributed by atoms with Gasteiger partial charge in [-0.05, 0) is 59.9 Å². The van der Waals surface area contributed by atoms with Crippen LogP contribution < -0.4 is 15.0 Å². The van der Waals surface area contributed by atoms with Crippen LogP contribution in [-0.4, -0.2) is 88.6 Å². The minimum Gasteiger partial charge on any atom is -0.489 e. The van der Waals surface area contributed by atoms with Gasteiger partial charge in [-0.2, -0.15) is 0 Å². The van der Waals surface area contributed by atoms with Crippen molar-refractivity contribution in [1.82, 2.24) is 9.55 Å². The number of rotatable bonds is 14. The van der Waals surface area contributed by atoms with Gasteiger partial charge in [-0.25, -0.2) is 14.6 Å². The number of hydrogen-bond acceptors (Lipinski definition) is 16. The molecule has 342 valence electrons. The van der Waals surface area contributed by atoms with Gasteiger partial charge in [0.25, 0.3) is 5.56 Å². The summed E-state index contributed by atoms with van der Waals surface area (Å²) < 4.78 is 29.1. The molecule has 5 heterocycles. The van der Waals surface area contributed by atoms with E-state index in [2.05, 4.69) is 5.92 Å². The quantitative estimate of drug-likeness (QED) is 0.0454. The Morgan fingerprint density at radius 2 is 1.76 bits per heavy atom. The minimum atomic E-state index is -2.00. The fourth-order valence-corrected chi connectivity index (χ4v) is 8.51. The van der Waals surface area contributed by atoms with E-state index in [0.717, 1.165) is 34.2 Å². The predicted octanol–water partition coefficient (Wildman–Crippen LogP) is 3.25.